The lowest BCUT2D eigenvalue weighted by Gasteiger charge is -2.07. The number of halogens is 1. The van der Waals surface area contributed by atoms with Crippen molar-refractivity contribution >= 4 is 31.7 Å². The average Bonchev–Trinajstić information content (AvgIpc) is 2.38. The Morgan fingerprint density at radius 3 is 2.62 bits per heavy atom. The van der Waals surface area contributed by atoms with Gasteiger partial charge in [-0.1, -0.05) is 6.07 Å². The molecule has 1 aromatic heterocycles. The molecule has 0 spiro atoms. The second-order valence-corrected chi connectivity index (χ2v) is 7.46. The maximum atomic E-state index is 12.4. The third kappa shape index (κ3) is 3.68. The molecule has 0 aliphatic rings. The first-order valence-electron chi connectivity index (χ1n) is 5.96. The number of hydrogen-bond donors (Lipinski definition) is 1. The lowest BCUT2D eigenvalue weighted by atomic mass is 10.1. The predicted octanol–water partition coefficient (Wildman–Crippen LogP) is 2.82. The Balaban J connectivity index is 2.40. The summed E-state index contributed by atoms with van der Waals surface area (Å²) < 4.78 is 25.4. The van der Waals surface area contributed by atoms with Crippen molar-refractivity contribution in [3.05, 3.63) is 57.8 Å². The van der Waals surface area contributed by atoms with Gasteiger partial charge in [-0.15, -0.1) is 0 Å². The summed E-state index contributed by atoms with van der Waals surface area (Å²) in [6.45, 7) is 1.62. The number of aromatic nitrogens is 1. The number of carbonyl (C=O) groups is 1. The molecule has 110 valence electrons. The van der Waals surface area contributed by atoms with E-state index >= 15 is 0 Å². The smallest absolute Gasteiger partial charge is 0.335 e. The summed E-state index contributed by atoms with van der Waals surface area (Å²) in [7, 11) is -3.63. The normalized spacial score (nSPS) is 11.3. The number of aryl methyl sites for hydroxylation is 1. The molecule has 1 heterocycles. The molecule has 0 aliphatic heterocycles. The molecule has 0 fully saturated rings. The maximum absolute atomic E-state index is 12.4. The highest BCUT2D eigenvalue weighted by Crippen LogP contribution is 2.21. The number of nitrogens with zero attached hydrogens (tertiary/aromatic N) is 1. The van der Waals surface area contributed by atoms with E-state index < -0.39 is 15.8 Å². The number of carboxylic acids is 1. The molecule has 0 radical (unpaired) electrons. The standard InChI is InChI=1S/C14H12BrNO4S/c1-9-2-3-12(5-13(9)14(17)18)21(19,20)8-10-4-11(15)7-16-6-10/h2-7H,8H2,1H3,(H,17,18). The van der Waals surface area contributed by atoms with E-state index in [0.717, 1.165) is 0 Å². The molecule has 0 unspecified atom stereocenters. The molecule has 1 aromatic carbocycles. The van der Waals surface area contributed by atoms with Crippen LogP contribution in [-0.2, 0) is 15.6 Å². The minimum Gasteiger partial charge on any atom is -0.478 e. The van der Waals surface area contributed by atoms with E-state index in [1.165, 1.54) is 24.4 Å². The number of aromatic carboxylic acids is 1. The molecule has 1 N–H and O–H groups in total. The average molecular weight is 370 g/mol. The van der Waals surface area contributed by atoms with Crippen LogP contribution < -0.4 is 0 Å². The lowest BCUT2D eigenvalue weighted by molar-refractivity contribution is 0.0696. The van der Waals surface area contributed by atoms with Crippen LogP contribution in [0.4, 0.5) is 0 Å². The van der Waals surface area contributed by atoms with Gasteiger partial charge in [-0.05, 0) is 52.2 Å². The second kappa shape index (κ2) is 5.95. The van der Waals surface area contributed by atoms with E-state index in [-0.39, 0.29) is 16.2 Å². The lowest BCUT2D eigenvalue weighted by Crippen LogP contribution is -2.08. The van der Waals surface area contributed by atoms with E-state index in [9.17, 15) is 13.2 Å². The first kappa shape index (κ1) is 15.7. The van der Waals surface area contributed by atoms with Crippen LogP contribution in [0.1, 0.15) is 21.5 Å². The van der Waals surface area contributed by atoms with Crippen LogP contribution in [0.25, 0.3) is 0 Å². The molecule has 5 nitrogen and oxygen atoms in total. The number of sulfone groups is 1. The molecule has 0 atom stereocenters. The zero-order valence-corrected chi connectivity index (χ0v) is 13.5. The molecule has 2 aromatic rings. The molecule has 0 bridgehead atoms. The number of carboxylic acid groups (broad SMARTS) is 1. The second-order valence-electron chi connectivity index (χ2n) is 4.55. The third-order valence-electron chi connectivity index (χ3n) is 2.92. The fraction of sp³-hybridized carbons (Fsp3) is 0.143. The summed E-state index contributed by atoms with van der Waals surface area (Å²) in [6.07, 6.45) is 3.03. The van der Waals surface area contributed by atoms with Gasteiger partial charge >= 0.3 is 5.97 Å². The van der Waals surface area contributed by atoms with Crippen molar-refractivity contribution < 1.29 is 18.3 Å². The van der Waals surface area contributed by atoms with Crippen molar-refractivity contribution in [2.24, 2.45) is 0 Å². The van der Waals surface area contributed by atoms with Crippen molar-refractivity contribution in [2.75, 3.05) is 0 Å². The molecule has 2 rings (SSSR count). The Morgan fingerprint density at radius 1 is 1.29 bits per heavy atom. The predicted molar refractivity (Wildman–Crippen MR) is 81.0 cm³/mol. The van der Waals surface area contributed by atoms with Crippen LogP contribution in [-0.4, -0.2) is 24.5 Å². The maximum Gasteiger partial charge on any atom is 0.335 e. The van der Waals surface area contributed by atoms with E-state index in [4.69, 9.17) is 5.11 Å². The van der Waals surface area contributed by atoms with Gasteiger partial charge in [0.25, 0.3) is 0 Å². The highest BCUT2D eigenvalue weighted by Gasteiger charge is 2.18. The van der Waals surface area contributed by atoms with Crippen molar-refractivity contribution in [1.29, 1.82) is 0 Å². The highest BCUT2D eigenvalue weighted by molar-refractivity contribution is 9.10. The van der Waals surface area contributed by atoms with Crippen LogP contribution in [0.5, 0.6) is 0 Å². The highest BCUT2D eigenvalue weighted by atomic mass is 79.9. The SMILES string of the molecule is Cc1ccc(S(=O)(=O)Cc2cncc(Br)c2)cc1C(=O)O. The summed E-state index contributed by atoms with van der Waals surface area (Å²) in [5, 5.41) is 9.07. The number of pyridine rings is 1. The van der Waals surface area contributed by atoms with E-state index in [1.807, 2.05) is 0 Å². The van der Waals surface area contributed by atoms with Crippen LogP contribution in [0.2, 0.25) is 0 Å². The summed E-state index contributed by atoms with van der Waals surface area (Å²) in [4.78, 5) is 15.0. The van der Waals surface area contributed by atoms with Gasteiger partial charge in [-0.2, -0.15) is 0 Å². The van der Waals surface area contributed by atoms with Crippen LogP contribution in [0.3, 0.4) is 0 Å². The fourth-order valence-electron chi connectivity index (χ4n) is 1.86. The molecule has 0 saturated heterocycles. The Hall–Kier alpha value is -1.73. The van der Waals surface area contributed by atoms with Gasteiger partial charge in [0, 0.05) is 16.9 Å². The number of hydrogen-bond acceptors (Lipinski definition) is 4. The molecule has 0 saturated carbocycles. The zero-order valence-electron chi connectivity index (χ0n) is 11.1. The quantitative estimate of drug-likeness (QED) is 0.895. The molecular formula is C14H12BrNO4S. The van der Waals surface area contributed by atoms with Crippen LogP contribution in [0.15, 0.2) is 46.0 Å². The molecular weight excluding hydrogens is 358 g/mol. The first-order chi connectivity index (χ1) is 9.79. The first-order valence-corrected chi connectivity index (χ1v) is 8.40. The van der Waals surface area contributed by atoms with Gasteiger partial charge in [0.15, 0.2) is 9.84 Å². The topological polar surface area (TPSA) is 84.3 Å². The van der Waals surface area contributed by atoms with Crippen molar-refractivity contribution in [2.45, 2.75) is 17.6 Å². The Labute approximate surface area is 130 Å². The fourth-order valence-corrected chi connectivity index (χ4v) is 3.61. The molecule has 0 aliphatic carbocycles. The van der Waals surface area contributed by atoms with Gasteiger partial charge in [-0.3, -0.25) is 4.98 Å². The van der Waals surface area contributed by atoms with Crippen LogP contribution in [0, 0.1) is 6.92 Å². The molecule has 21 heavy (non-hydrogen) atoms. The molecule has 7 heteroatoms. The summed E-state index contributed by atoms with van der Waals surface area (Å²) in [5.41, 5.74) is 1.04. The summed E-state index contributed by atoms with van der Waals surface area (Å²) in [5.74, 6) is -1.38. The van der Waals surface area contributed by atoms with Gasteiger partial charge < -0.3 is 5.11 Å². The summed E-state index contributed by atoms with van der Waals surface area (Å²) in [6, 6.07) is 5.77. The van der Waals surface area contributed by atoms with Crippen molar-refractivity contribution in [3.8, 4) is 0 Å². The number of rotatable bonds is 4. The van der Waals surface area contributed by atoms with E-state index in [0.29, 0.717) is 15.6 Å². The largest absolute Gasteiger partial charge is 0.478 e. The van der Waals surface area contributed by atoms with Gasteiger partial charge in [0.1, 0.15) is 0 Å². The number of benzene rings is 1. The van der Waals surface area contributed by atoms with Crippen molar-refractivity contribution in [1.82, 2.24) is 4.98 Å². The van der Waals surface area contributed by atoms with E-state index in [1.54, 1.807) is 19.2 Å². The van der Waals surface area contributed by atoms with Gasteiger partial charge in [0.2, 0.25) is 0 Å². The van der Waals surface area contributed by atoms with Gasteiger partial charge in [0.05, 0.1) is 16.2 Å². The Morgan fingerprint density at radius 2 is 2.00 bits per heavy atom. The summed E-state index contributed by atoms with van der Waals surface area (Å²) >= 11 is 3.23. The Kier molecular flexibility index (Phi) is 4.43. The van der Waals surface area contributed by atoms with Crippen molar-refractivity contribution in [3.63, 3.8) is 0 Å². The Bertz CT molecular complexity index is 802. The zero-order chi connectivity index (χ0) is 15.6. The molecule has 0 amide bonds. The third-order valence-corrected chi connectivity index (χ3v) is 5.04. The monoisotopic (exact) mass is 369 g/mol. The van der Waals surface area contributed by atoms with Crippen LogP contribution >= 0.6 is 15.9 Å². The minimum absolute atomic E-state index is 0.00882. The minimum atomic E-state index is -3.63. The van der Waals surface area contributed by atoms with Gasteiger partial charge in [-0.25, -0.2) is 13.2 Å². The van der Waals surface area contributed by atoms with E-state index in [2.05, 4.69) is 20.9 Å².